The van der Waals surface area contributed by atoms with Gasteiger partial charge in [0.05, 0.1) is 5.69 Å². The first kappa shape index (κ1) is 8.87. The van der Waals surface area contributed by atoms with Crippen LogP contribution in [0.4, 0.5) is 11.7 Å². The molecule has 0 spiro atoms. The highest BCUT2D eigenvalue weighted by molar-refractivity contribution is 5.86. The largest absolute Gasteiger partial charge is 0.421 e. The molecule has 0 saturated heterocycles. The van der Waals surface area contributed by atoms with E-state index in [0.29, 0.717) is 17.2 Å². The maximum atomic E-state index is 5.82. The third-order valence-electron chi connectivity index (χ3n) is 2.22. The lowest BCUT2D eigenvalue weighted by Gasteiger charge is -2.05. The summed E-state index contributed by atoms with van der Waals surface area (Å²) in [6.45, 7) is 4.20. The highest BCUT2D eigenvalue weighted by Gasteiger charge is 2.09. The summed E-state index contributed by atoms with van der Waals surface area (Å²) in [4.78, 5) is 4.05. The van der Waals surface area contributed by atoms with E-state index in [1.54, 1.807) is 0 Å². The summed E-state index contributed by atoms with van der Waals surface area (Å²) < 4.78 is 5.18. The van der Waals surface area contributed by atoms with Crippen LogP contribution in [0, 0.1) is 0 Å². The number of hydrogen-bond acceptors (Lipinski definition) is 4. The molecule has 74 valence electrons. The second-order valence-electron chi connectivity index (χ2n) is 3.67. The molecule has 0 bridgehead atoms. The van der Waals surface area contributed by atoms with E-state index in [1.165, 1.54) is 0 Å². The lowest BCUT2D eigenvalue weighted by molar-refractivity contribution is 0.627. The standard InChI is InChI=1S/C10H13N3O/c1-5(2)6-3-7(11)9-8(4-6)13-10(12)14-9/h3-5H,11H2,1-2H3,(H2,12,13). The number of hydrogen-bond donors (Lipinski definition) is 2. The number of nitrogens with two attached hydrogens (primary N) is 2. The second-order valence-corrected chi connectivity index (χ2v) is 3.67. The predicted molar refractivity (Wildman–Crippen MR) is 56.9 cm³/mol. The number of fused-ring (bicyclic) bond motifs is 1. The predicted octanol–water partition coefficient (Wildman–Crippen LogP) is 2.12. The Balaban J connectivity index is 2.71. The van der Waals surface area contributed by atoms with Crippen LogP contribution in [0.1, 0.15) is 25.3 Å². The molecule has 1 heterocycles. The molecule has 2 rings (SSSR count). The van der Waals surface area contributed by atoms with Crippen molar-refractivity contribution in [1.82, 2.24) is 4.98 Å². The Morgan fingerprint density at radius 2 is 2.00 bits per heavy atom. The van der Waals surface area contributed by atoms with Gasteiger partial charge in [0, 0.05) is 0 Å². The molecule has 4 heteroatoms. The Labute approximate surface area is 81.9 Å². The third kappa shape index (κ3) is 1.28. The highest BCUT2D eigenvalue weighted by Crippen LogP contribution is 2.28. The molecule has 2 aromatic rings. The van der Waals surface area contributed by atoms with Crippen molar-refractivity contribution in [3.8, 4) is 0 Å². The van der Waals surface area contributed by atoms with E-state index in [-0.39, 0.29) is 6.01 Å². The molecule has 0 aliphatic heterocycles. The minimum Gasteiger partial charge on any atom is -0.421 e. The molecular formula is C10H13N3O. The van der Waals surface area contributed by atoms with Gasteiger partial charge < -0.3 is 15.9 Å². The van der Waals surface area contributed by atoms with Crippen LogP contribution in [-0.2, 0) is 0 Å². The number of rotatable bonds is 1. The molecule has 0 saturated carbocycles. The summed E-state index contributed by atoms with van der Waals surface area (Å²) in [5.74, 6) is 0.416. The van der Waals surface area contributed by atoms with Crippen LogP contribution in [-0.4, -0.2) is 4.98 Å². The van der Waals surface area contributed by atoms with Crippen molar-refractivity contribution in [3.05, 3.63) is 17.7 Å². The van der Waals surface area contributed by atoms with Crippen molar-refractivity contribution in [2.45, 2.75) is 19.8 Å². The molecular weight excluding hydrogens is 178 g/mol. The first-order valence-electron chi connectivity index (χ1n) is 4.53. The van der Waals surface area contributed by atoms with Gasteiger partial charge in [0.25, 0.3) is 6.01 Å². The molecule has 1 aromatic heterocycles. The molecule has 0 amide bonds. The number of benzene rings is 1. The van der Waals surface area contributed by atoms with Gasteiger partial charge in [0.2, 0.25) is 0 Å². The van der Waals surface area contributed by atoms with Crippen LogP contribution in [0.5, 0.6) is 0 Å². The topological polar surface area (TPSA) is 78.1 Å². The summed E-state index contributed by atoms with van der Waals surface area (Å²) >= 11 is 0. The fourth-order valence-corrected chi connectivity index (χ4v) is 1.43. The second kappa shape index (κ2) is 2.90. The van der Waals surface area contributed by atoms with Crippen LogP contribution >= 0.6 is 0 Å². The van der Waals surface area contributed by atoms with Gasteiger partial charge >= 0.3 is 0 Å². The van der Waals surface area contributed by atoms with E-state index in [9.17, 15) is 0 Å². The Hall–Kier alpha value is -1.71. The average molecular weight is 191 g/mol. The molecule has 4 N–H and O–H groups in total. The minimum atomic E-state index is 0.160. The molecule has 0 aliphatic rings. The van der Waals surface area contributed by atoms with E-state index in [2.05, 4.69) is 18.8 Å². The maximum absolute atomic E-state index is 5.82. The monoisotopic (exact) mass is 191 g/mol. The number of nitrogen functional groups attached to an aromatic ring is 2. The fourth-order valence-electron chi connectivity index (χ4n) is 1.43. The van der Waals surface area contributed by atoms with Crippen LogP contribution in [0.25, 0.3) is 11.1 Å². The van der Waals surface area contributed by atoms with Gasteiger partial charge in [0.1, 0.15) is 5.52 Å². The van der Waals surface area contributed by atoms with E-state index < -0.39 is 0 Å². The molecule has 0 unspecified atom stereocenters. The van der Waals surface area contributed by atoms with Gasteiger partial charge in [0.15, 0.2) is 5.58 Å². The summed E-state index contributed by atoms with van der Waals surface area (Å²) in [5.41, 5.74) is 14.3. The van der Waals surface area contributed by atoms with Gasteiger partial charge in [-0.05, 0) is 23.6 Å². The Morgan fingerprint density at radius 3 is 2.64 bits per heavy atom. The van der Waals surface area contributed by atoms with Crippen molar-refractivity contribution in [3.63, 3.8) is 0 Å². The van der Waals surface area contributed by atoms with Gasteiger partial charge in [-0.15, -0.1) is 0 Å². The van der Waals surface area contributed by atoms with Gasteiger partial charge in [-0.3, -0.25) is 0 Å². The van der Waals surface area contributed by atoms with Crippen molar-refractivity contribution in [2.24, 2.45) is 0 Å². The normalized spacial score (nSPS) is 11.4. The lowest BCUT2D eigenvalue weighted by atomic mass is 10.0. The third-order valence-corrected chi connectivity index (χ3v) is 2.22. The van der Waals surface area contributed by atoms with Crippen LogP contribution in [0.15, 0.2) is 16.5 Å². The zero-order chi connectivity index (χ0) is 10.3. The summed E-state index contributed by atoms with van der Waals surface area (Å²) in [6.07, 6.45) is 0. The SMILES string of the molecule is CC(C)c1cc(N)c2oc(N)nc2c1. The van der Waals surface area contributed by atoms with Gasteiger partial charge in [-0.25, -0.2) is 0 Å². The van der Waals surface area contributed by atoms with Gasteiger partial charge in [-0.2, -0.15) is 4.98 Å². The number of oxazole rings is 1. The van der Waals surface area contributed by atoms with Crippen LogP contribution in [0.3, 0.4) is 0 Å². The molecule has 0 radical (unpaired) electrons. The van der Waals surface area contributed by atoms with Crippen molar-refractivity contribution in [1.29, 1.82) is 0 Å². The molecule has 0 atom stereocenters. The summed E-state index contributed by atoms with van der Waals surface area (Å²) in [5, 5.41) is 0. The van der Waals surface area contributed by atoms with Crippen molar-refractivity contribution >= 4 is 22.8 Å². The highest BCUT2D eigenvalue weighted by atomic mass is 16.4. The summed E-state index contributed by atoms with van der Waals surface area (Å²) in [7, 11) is 0. The lowest BCUT2D eigenvalue weighted by Crippen LogP contribution is -1.92. The molecule has 4 nitrogen and oxygen atoms in total. The zero-order valence-corrected chi connectivity index (χ0v) is 8.24. The molecule has 0 aliphatic carbocycles. The maximum Gasteiger partial charge on any atom is 0.293 e. The first-order chi connectivity index (χ1) is 6.58. The molecule has 0 fully saturated rings. The van der Waals surface area contributed by atoms with Gasteiger partial charge in [-0.1, -0.05) is 13.8 Å². The van der Waals surface area contributed by atoms with E-state index in [4.69, 9.17) is 15.9 Å². The number of anilines is 2. The Kier molecular flexibility index (Phi) is 1.84. The average Bonchev–Trinajstić information content (AvgIpc) is 2.45. The number of nitrogens with zero attached hydrogens (tertiary/aromatic N) is 1. The van der Waals surface area contributed by atoms with E-state index in [0.717, 1.165) is 11.1 Å². The zero-order valence-electron chi connectivity index (χ0n) is 8.24. The van der Waals surface area contributed by atoms with Crippen molar-refractivity contribution in [2.75, 3.05) is 11.5 Å². The first-order valence-corrected chi connectivity index (χ1v) is 4.53. The van der Waals surface area contributed by atoms with Crippen LogP contribution in [0.2, 0.25) is 0 Å². The molecule has 1 aromatic carbocycles. The van der Waals surface area contributed by atoms with Crippen LogP contribution < -0.4 is 11.5 Å². The van der Waals surface area contributed by atoms with E-state index >= 15 is 0 Å². The quantitative estimate of drug-likeness (QED) is 0.677. The Bertz CT molecular complexity index is 473. The van der Waals surface area contributed by atoms with E-state index in [1.807, 2.05) is 12.1 Å². The smallest absolute Gasteiger partial charge is 0.293 e. The molecule has 14 heavy (non-hydrogen) atoms. The summed E-state index contributed by atoms with van der Waals surface area (Å²) in [6, 6.07) is 4.01. The Morgan fingerprint density at radius 1 is 1.29 bits per heavy atom. The fraction of sp³-hybridized carbons (Fsp3) is 0.300. The number of aromatic nitrogens is 1. The van der Waals surface area contributed by atoms with Crippen molar-refractivity contribution < 1.29 is 4.42 Å². The minimum absolute atomic E-state index is 0.160.